The van der Waals surface area contributed by atoms with Crippen molar-refractivity contribution in [2.75, 3.05) is 32.4 Å². The summed E-state index contributed by atoms with van der Waals surface area (Å²) in [4.78, 5) is 17.8. The summed E-state index contributed by atoms with van der Waals surface area (Å²) in [6.07, 6.45) is 3.43. The number of hydrogen-bond donors (Lipinski definition) is 2. The minimum absolute atomic E-state index is 0.106. The predicted octanol–water partition coefficient (Wildman–Crippen LogP) is 0.130. The summed E-state index contributed by atoms with van der Waals surface area (Å²) in [5.41, 5.74) is 0. The minimum Gasteiger partial charge on any atom is -0.356 e. The molecule has 1 aliphatic carbocycles. The quantitative estimate of drug-likeness (QED) is 0.420. The highest BCUT2D eigenvalue weighted by Crippen LogP contribution is 2.23. The molecule has 1 saturated carbocycles. The third kappa shape index (κ3) is 4.83. The summed E-state index contributed by atoms with van der Waals surface area (Å²) in [6, 6.07) is 0.403. The van der Waals surface area contributed by atoms with Crippen LogP contribution in [0, 0.1) is 0 Å². The van der Waals surface area contributed by atoms with Gasteiger partial charge in [0.2, 0.25) is 5.91 Å². The first kappa shape index (κ1) is 18.0. The van der Waals surface area contributed by atoms with Crippen LogP contribution < -0.4 is 10.6 Å². The molecule has 0 bridgehead atoms. The van der Waals surface area contributed by atoms with Crippen molar-refractivity contribution in [2.24, 2.45) is 4.99 Å². The van der Waals surface area contributed by atoms with Crippen LogP contribution in [0.25, 0.3) is 0 Å². The van der Waals surface area contributed by atoms with E-state index in [0.717, 1.165) is 19.3 Å². The number of amides is 1. The van der Waals surface area contributed by atoms with Crippen molar-refractivity contribution in [1.29, 1.82) is 0 Å². The highest BCUT2D eigenvalue weighted by Gasteiger charge is 2.40. The van der Waals surface area contributed by atoms with Crippen LogP contribution in [0.5, 0.6) is 0 Å². The third-order valence-corrected chi connectivity index (χ3v) is 6.89. The molecule has 2 fully saturated rings. The SMILES string of the molecule is CN=C(NCCCC(=O)NC1CC1)N1CCS(=O)(=O)C(C)(C)C1. The van der Waals surface area contributed by atoms with Crippen molar-refractivity contribution in [1.82, 2.24) is 15.5 Å². The van der Waals surface area contributed by atoms with Crippen LogP contribution in [0.3, 0.4) is 0 Å². The largest absolute Gasteiger partial charge is 0.356 e. The fraction of sp³-hybridized carbons (Fsp3) is 0.867. The summed E-state index contributed by atoms with van der Waals surface area (Å²) >= 11 is 0. The van der Waals surface area contributed by atoms with Crippen molar-refractivity contribution in [3.63, 3.8) is 0 Å². The van der Waals surface area contributed by atoms with Crippen LogP contribution in [0.1, 0.15) is 39.5 Å². The molecule has 0 atom stereocenters. The normalized spacial score (nSPS) is 23.4. The van der Waals surface area contributed by atoms with E-state index in [2.05, 4.69) is 15.6 Å². The van der Waals surface area contributed by atoms with Gasteiger partial charge in [0.05, 0.1) is 10.5 Å². The van der Waals surface area contributed by atoms with E-state index in [1.54, 1.807) is 20.9 Å². The second-order valence-electron chi connectivity index (χ2n) is 6.92. The number of hydrogen-bond acceptors (Lipinski definition) is 4. The van der Waals surface area contributed by atoms with Crippen molar-refractivity contribution in [2.45, 2.75) is 50.3 Å². The second-order valence-corrected chi connectivity index (χ2v) is 9.66. The van der Waals surface area contributed by atoms with E-state index < -0.39 is 14.6 Å². The second kappa shape index (κ2) is 7.07. The van der Waals surface area contributed by atoms with Crippen molar-refractivity contribution < 1.29 is 13.2 Å². The van der Waals surface area contributed by atoms with Crippen molar-refractivity contribution in [3.8, 4) is 0 Å². The number of rotatable bonds is 5. The molecule has 7 nitrogen and oxygen atoms in total. The van der Waals surface area contributed by atoms with Gasteiger partial charge in [0.1, 0.15) is 0 Å². The van der Waals surface area contributed by atoms with E-state index in [1.165, 1.54) is 0 Å². The Morgan fingerprint density at radius 3 is 2.61 bits per heavy atom. The summed E-state index contributed by atoms with van der Waals surface area (Å²) < 4.78 is 23.3. The Labute approximate surface area is 138 Å². The first-order chi connectivity index (χ1) is 10.7. The van der Waals surface area contributed by atoms with Crippen molar-refractivity contribution >= 4 is 21.7 Å². The summed E-state index contributed by atoms with van der Waals surface area (Å²) in [5, 5.41) is 6.19. The van der Waals surface area contributed by atoms with E-state index in [4.69, 9.17) is 0 Å². The molecule has 1 aliphatic heterocycles. The minimum atomic E-state index is -3.06. The Kier molecular flexibility index (Phi) is 5.54. The Hall–Kier alpha value is -1.31. The number of nitrogens with one attached hydrogen (secondary N) is 2. The lowest BCUT2D eigenvalue weighted by Crippen LogP contribution is -2.57. The van der Waals surface area contributed by atoms with Crippen LogP contribution in [-0.4, -0.2) is 68.4 Å². The number of aliphatic imine (C=N–C) groups is 1. The molecule has 23 heavy (non-hydrogen) atoms. The molecular formula is C15H28N4O3S. The number of carbonyl (C=O) groups is 1. The topological polar surface area (TPSA) is 90.9 Å². The highest BCUT2D eigenvalue weighted by molar-refractivity contribution is 7.92. The van der Waals surface area contributed by atoms with Gasteiger partial charge < -0.3 is 15.5 Å². The molecule has 1 amide bonds. The van der Waals surface area contributed by atoms with Gasteiger partial charge >= 0.3 is 0 Å². The molecule has 2 N–H and O–H groups in total. The zero-order chi connectivity index (χ0) is 17.1. The Morgan fingerprint density at radius 1 is 1.35 bits per heavy atom. The fourth-order valence-corrected chi connectivity index (χ4v) is 4.00. The Balaban J connectivity index is 1.76. The first-order valence-corrected chi connectivity index (χ1v) is 9.88. The lowest BCUT2D eigenvalue weighted by Gasteiger charge is -2.39. The Bertz CT molecular complexity index is 567. The average Bonchev–Trinajstić information content (AvgIpc) is 3.26. The Morgan fingerprint density at radius 2 is 2.04 bits per heavy atom. The third-order valence-electron chi connectivity index (χ3n) is 4.36. The van der Waals surface area contributed by atoms with Crippen LogP contribution in [-0.2, 0) is 14.6 Å². The molecule has 0 aromatic heterocycles. The van der Waals surface area contributed by atoms with E-state index >= 15 is 0 Å². The summed E-state index contributed by atoms with van der Waals surface area (Å²) in [6.45, 7) is 5.03. The fourth-order valence-electron chi connectivity index (χ4n) is 2.63. The average molecular weight is 344 g/mol. The van der Waals surface area contributed by atoms with Gasteiger partial charge in [-0.2, -0.15) is 0 Å². The molecular weight excluding hydrogens is 316 g/mol. The molecule has 0 radical (unpaired) electrons. The monoisotopic (exact) mass is 344 g/mol. The van der Waals surface area contributed by atoms with Gasteiger partial charge in [-0.1, -0.05) is 0 Å². The highest BCUT2D eigenvalue weighted by atomic mass is 32.2. The van der Waals surface area contributed by atoms with Gasteiger partial charge in [0.15, 0.2) is 15.8 Å². The lowest BCUT2D eigenvalue weighted by molar-refractivity contribution is -0.121. The summed E-state index contributed by atoms with van der Waals surface area (Å²) in [7, 11) is -1.36. The van der Waals surface area contributed by atoms with Crippen molar-refractivity contribution in [3.05, 3.63) is 0 Å². The van der Waals surface area contributed by atoms with Crippen LogP contribution >= 0.6 is 0 Å². The molecule has 2 rings (SSSR count). The maximum Gasteiger partial charge on any atom is 0.220 e. The zero-order valence-corrected chi connectivity index (χ0v) is 15.1. The van der Waals surface area contributed by atoms with Crippen LogP contribution in [0.2, 0.25) is 0 Å². The predicted molar refractivity (Wildman–Crippen MR) is 91.2 cm³/mol. The number of nitrogens with zero attached hydrogens (tertiary/aromatic N) is 2. The molecule has 2 aliphatic rings. The molecule has 0 spiro atoms. The summed E-state index contributed by atoms with van der Waals surface area (Å²) in [5.74, 6) is 0.954. The molecule has 1 saturated heterocycles. The van der Waals surface area contributed by atoms with Crippen LogP contribution in [0.15, 0.2) is 4.99 Å². The molecule has 8 heteroatoms. The smallest absolute Gasteiger partial charge is 0.220 e. The number of sulfone groups is 1. The molecule has 0 unspecified atom stereocenters. The molecule has 0 aromatic rings. The zero-order valence-electron chi connectivity index (χ0n) is 14.3. The standard InChI is InChI=1S/C15H28N4O3S/c1-15(2)11-19(9-10-23(15,21)22)14(16-3)17-8-4-5-13(20)18-12-6-7-12/h12H,4-11H2,1-3H3,(H,16,17)(H,18,20). The number of guanidine groups is 1. The van der Waals surface area contributed by atoms with Crippen LogP contribution in [0.4, 0.5) is 0 Å². The van der Waals surface area contributed by atoms with Gasteiger partial charge in [-0.3, -0.25) is 9.79 Å². The first-order valence-electron chi connectivity index (χ1n) is 8.22. The van der Waals surface area contributed by atoms with Gasteiger partial charge in [0, 0.05) is 39.1 Å². The van der Waals surface area contributed by atoms with Gasteiger partial charge in [0.25, 0.3) is 0 Å². The van der Waals surface area contributed by atoms with E-state index in [-0.39, 0.29) is 11.7 Å². The molecule has 132 valence electrons. The van der Waals surface area contributed by atoms with E-state index in [1.807, 2.05) is 4.90 Å². The molecule has 1 heterocycles. The van der Waals surface area contributed by atoms with E-state index in [9.17, 15) is 13.2 Å². The van der Waals surface area contributed by atoms with Gasteiger partial charge in [-0.05, 0) is 33.1 Å². The van der Waals surface area contributed by atoms with E-state index in [0.29, 0.717) is 38.1 Å². The van der Waals surface area contributed by atoms with Gasteiger partial charge in [-0.25, -0.2) is 8.42 Å². The molecule has 0 aromatic carbocycles. The van der Waals surface area contributed by atoms with Gasteiger partial charge in [-0.15, -0.1) is 0 Å². The maximum atomic E-state index is 12.1. The number of carbonyl (C=O) groups excluding carboxylic acids is 1. The maximum absolute atomic E-state index is 12.1. The lowest BCUT2D eigenvalue weighted by atomic mass is 10.2.